The first-order valence-electron chi connectivity index (χ1n) is 5.74. The van der Waals surface area contributed by atoms with Crippen LogP contribution in [0.2, 0.25) is 0 Å². The van der Waals surface area contributed by atoms with Gasteiger partial charge >= 0.3 is 0 Å². The predicted octanol–water partition coefficient (Wildman–Crippen LogP) is 4.53. The molecule has 2 aromatic rings. The molecule has 0 aliphatic heterocycles. The minimum atomic E-state index is -0.478. The summed E-state index contributed by atoms with van der Waals surface area (Å²) in [5.41, 5.74) is 0.594. The van der Waals surface area contributed by atoms with Crippen LogP contribution in [0, 0.1) is 24.1 Å². The Morgan fingerprint density at radius 2 is 2.11 bits per heavy atom. The Balaban J connectivity index is 2.25. The first-order valence-corrected chi connectivity index (χ1v) is 6.53. The lowest BCUT2D eigenvalue weighted by molar-refractivity contribution is 0.466. The average Bonchev–Trinajstić information content (AvgIpc) is 2.82. The summed E-state index contributed by atoms with van der Waals surface area (Å²) in [6.45, 7) is 3.74. The molecule has 3 nitrogen and oxygen atoms in total. The molecule has 0 fully saturated rings. The number of anilines is 1. The highest BCUT2D eigenvalue weighted by Gasteiger charge is 2.15. The molecule has 19 heavy (non-hydrogen) atoms. The number of hydrogen-bond acceptors (Lipinski definition) is 3. The largest absolute Gasteiger partial charge is 0.464 e. The van der Waals surface area contributed by atoms with Gasteiger partial charge in [0.05, 0.1) is 21.8 Å². The van der Waals surface area contributed by atoms with Gasteiger partial charge in [-0.05, 0) is 54.0 Å². The van der Waals surface area contributed by atoms with E-state index in [9.17, 15) is 4.39 Å². The molecule has 1 atom stereocenters. The molecular weight excluding hydrogens is 311 g/mol. The second kappa shape index (κ2) is 5.45. The van der Waals surface area contributed by atoms with Gasteiger partial charge < -0.3 is 9.73 Å². The second-order valence-corrected chi connectivity index (χ2v) is 5.01. The fraction of sp³-hybridized carbons (Fsp3) is 0.214. The van der Waals surface area contributed by atoms with Gasteiger partial charge in [-0.2, -0.15) is 5.26 Å². The van der Waals surface area contributed by atoms with Gasteiger partial charge in [-0.3, -0.25) is 0 Å². The SMILES string of the molecule is Cc1ccc(C(C)Nc2ccc(C#N)c(Br)c2F)o1. The van der Waals surface area contributed by atoms with Gasteiger partial charge in [-0.25, -0.2) is 4.39 Å². The van der Waals surface area contributed by atoms with Crippen LogP contribution in [0.5, 0.6) is 0 Å². The highest BCUT2D eigenvalue weighted by atomic mass is 79.9. The molecule has 0 aliphatic carbocycles. The summed E-state index contributed by atoms with van der Waals surface area (Å²) >= 11 is 3.08. The van der Waals surface area contributed by atoms with E-state index in [0.717, 1.165) is 11.5 Å². The first kappa shape index (κ1) is 13.6. The first-order chi connectivity index (χ1) is 9.02. The van der Waals surface area contributed by atoms with Gasteiger partial charge in [0.25, 0.3) is 0 Å². The van der Waals surface area contributed by atoms with E-state index in [1.54, 1.807) is 12.1 Å². The summed E-state index contributed by atoms with van der Waals surface area (Å²) in [4.78, 5) is 0. The third-order valence-electron chi connectivity index (χ3n) is 2.76. The van der Waals surface area contributed by atoms with Crippen molar-refractivity contribution in [1.82, 2.24) is 0 Å². The smallest absolute Gasteiger partial charge is 0.161 e. The summed E-state index contributed by atoms with van der Waals surface area (Å²) in [6, 6.07) is 8.58. The van der Waals surface area contributed by atoms with Crippen molar-refractivity contribution in [3.05, 3.63) is 51.6 Å². The van der Waals surface area contributed by atoms with Crippen molar-refractivity contribution in [2.75, 3.05) is 5.32 Å². The van der Waals surface area contributed by atoms with E-state index in [1.807, 2.05) is 32.0 Å². The van der Waals surface area contributed by atoms with Gasteiger partial charge in [-0.1, -0.05) is 0 Å². The number of hydrogen-bond donors (Lipinski definition) is 1. The van der Waals surface area contributed by atoms with Crippen LogP contribution in [0.15, 0.2) is 33.2 Å². The fourth-order valence-corrected chi connectivity index (χ4v) is 2.17. The van der Waals surface area contributed by atoms with Crippen molar-refractivity contribution < 1.29 is 8.81 Å². The zero-order chi connectivity index (χ0) is 14.0. The molecule has 2 rings (SSSR count). The monoisotopic (exact) mass is 322 g/mol. The lowest BCUT2D eigenvalue weighted by Crippen LogP contribution is -2.07. The van der Waals surface area contributed by atoms with Gasteiger partial charge in [0.2, 0.25) is 0 Å². The highest BCUT2D eigenvalue weighted by Crippen LogP contribution is 2.29. The lowest BCUT2D eigenvalue weighted by Gasteiger charge is -2.14. The maximum atomic E-state index is 14.0. The topological polar surface area (TPSA) is 49.0 Å². The molecule has 1 unspecified atom stereocenters. The average molecular weight is 323 g/mol. The van der Waals surface area contributed by atoms with Crippen molar-refractivity contribution in [1.29, 1.82) is 5.26 Å². The van der Waals surface area contributed by atoms with Crippen molar-refractivity contribution >= 4 is 21.6 Å². The number of benzene rings is 1. The van der Waals surface area contributed by atoms with Crippen molar-refractivity contribution in [2.45, 2.75) is 19.9 Å². The molecule has 0 saturated carbocycles. The Morgan fingerprint density at radius 1 is 1.37 bits per heavy atom. The van der Waals surface area contributed by atoms with Crippen LogP contribution in [0.25, 0.3) is 0 Å². The van der Waals surface area contributed by atoms with Crippen LogP contribution < -0.4 is 5.32 Å². The Morgan fingerprint density at radius 3 is 2.68 bits per heavy atom. The third-order valence-corrected chi connectivity index (χ3v) is 3.54. The lowest BCUT2D eigenvalue weighted by atomic mass is 10.2. The molecule has 0 aliphatic rings. The van der Waals surface area contributed by atoms with E-state index < -0.39 is 5.82 Å². The van der Waals surface area contributed by atoms with E-state index in [4.69, 9.17) is 9.68 Å². The summed E-state index contributed by atoms with van der Waals surface area (Å²) in [5.74, 6) is 1.07. The number of furan rings is 1. The van der Waals surface area contributed by atoms with Crippen LogP contribution in [0.3, 0.4) is 0 Å². The van der Waals surface area contributed by atoms with Gasteiger partial charge in [-0.15, -0.1) is 0 Å². The van der Waals surface area contributed by atoms with Gasteiger partial charge in [0.15, 0.2) is 5.82 Å². The van der Waals surface area contributed by atoms with Gasteiger partial charge in [0, 0.05) is 0 Å². The molecule has 0 spiro atoms. The maximum absolute atomic E-state index is 14.0. The van der Waals surface area contributed by atoms with E-state index in [2.05, 4.69) is 21.2 Å². The minimum absolute atomic E-state index is 0.164. The number of halogens is 2. The van der Waals surface area contributed by atoms with E-state index >= 15 is 0 Å². The Hall–Kier alpha value is -1.80. The van der Waals surface area contributed by atoms with Crippen molar-refractivity contribution in [3.63, 3.8) is 0 Å². The molecule has 0 radical (unpaired) electrons. The summed E-state index contributed by atoms with van der Waals surface area (Å²) in [6.07, 6.45) is 0. The molecule has 1 heterocycles. The van der Waals surface area contributed by atoms with Gasteiger partial charge in [0.1, 0.15) is 17.6 Å². The molecule has 1 N–H and O–H groups in total. The standard InChI is InChI=1S/C14H12BrFN2O/c1-8-3-6-12(19-8)9(2)18-11-5-4-10(7-17)13(15)14(11)16/h3-6,9,18H,1-2H3. The zero-order valence-corrected chi connectivity index (χ0v) is 12.1. The van der Waals surface area contributed by atoms with Crippen LogP contribution >= 0.6 is 15.9 Å². The van der Waals surface area contributed by atoms with Crippen molar-refractivity contribution in [3.8, 4) is 6.07 Å². The Labute approximate surface area is 119 Å². The van der Waals surface area contributed by atoms with Crippen molar-refractivity contribution in [2.24, 2.45) is 0 Å². The molecule has 0 bridgehead atoms. The molecule has 5 heteroatoms. The molecular formula is C14H12BrFN2O. The molecule has 98 valence electrons. The van der Waals surface area contributed by atoms with Crippen LogP contribution in [0.4, 0.5) is 10.1 Å². The second-order valence-electron chi connectivity index (χ2n) is 4.21. The molecule has 1 aromatic carbocycles. The number of nitrogens with one attached hydrogen (secondary N) is 1. The fourth-order valence-electron chi connectivity index (χ4n) is 1.74. The number of nitriles is 1. The number of aryl methyl sites for hydroxylation is 1. The molecule has 0 saturated heterocycles. The van der Waals surface area contributed by atoms with E-state index in [0.29, 0.717) is 5.69 Å². The Kier molecular flexibility index (Phi) is 3.91. The predicted molar refractivity (Wildman–Crippen MR) is 74.3 cm³/mol. The zero-order valence-electron chi connectivity index (χ0n) is 10.5. The number of rotatable bonds is 3. The molecule has 1 aromatic heterocycles. The van der Waals surface area contributed by atoms with E-state index in [1.165, 1.54) is 0 Å². The third kappa shape index (κ3) is 2.79. The van der Waals surface area contributed by atoms with Crippen LogP contribution in [-0.4, -0.2) is 0 Å². The maximum Gasteiger partial charge on any atom is 0.161 e. The van der Waals surface area contributed by atoms with E-state index in [-0.39, 0.29) is 16.1 Å². The summed E-state index contributed by atoms with van der Waals surface area (Å²) in [7, 11) is 0. The normalized spacial score (nSPS) is 11.9. The quantitative estimate of drug-likeness (QED) is 0.902. The highest BCUT2D eigenvalue weighted by molar-refractivity contribution is 9.10. The van der Waals surface area contributed by atoms with Crippen LogP contribution in [-0.2, 0) is 0 Å². The Bertz CT molecular complexity index is 645. The summed E-state index contributed by atoms with van der Waals surface area (Å²) < 4.78 is 19.7. The summed E-state index contributed by atoms with van der Waals surface area (Å²) in [5, 5.41) is 11.8. The number of nitrogens with zero attached hydrogens (tertiary/aromatic N) is 1. The minimum Gasteiger partial charge on any atom is -0.464 e. The van der Waals surface area contributed by atoms with Crippen LogP contribution in [0.1, 0.15) is 30.0 Å². The molecule has 0 amide bonds.